The van der Waals surface area contributed by atoms with E-state index in [1.54, 1.807) is 17.2 Å². The molecule has 2 aliphatic rings. The standard InChI is InChI=1S/C20H27N5O2/c1-2-3-12-27-19-8-4-15(5-9-19)23-20(26)24-16-6-7-17(24)14-18(13-16)25-21-10-11-22-25/h4-5,8-11,16-18H,2-3,6-7,12-14H2,1H3,(H,23,26). The van der Waals surface area contributed by atoms with E-state index in [1.807, 2.05) is 29.2 Å². The zero-order chi connectivity index (χ0) is 18.6. The molecule has 144 valence electrons. The van der Waals surface area contributed by atoms with Crippen LogP contribution in [-0.2, 0) is 0 Å². The molecule has 2 amide bonds. The van der Waals surface area contributed by atoms with Crippen molar-refractivity contribution in [1.29, 1.82) is 0 Å². The lowest BCUT2D eigenvalue weighted by molar-refractivity contribution is 0.124. The maximum Gasteiger partial charge on any atom is 0.322 e. The van der Waals surface area contributed by atoms with Gasteiger partial charge in [0.25, 0.3) is 0 Å². The predicted octanol–water partition coefficient (Wildman–Crippen LogP) is 3.86. The molecule has 2 saturated heterocycles. The highest BCUT2D eigenvalue weighted by Gasteiger charge is 2.44. The summed E-state index contributed by atoms with van der Waals surface area (Å²) < 4.78 is 5.68. The van der Waals surface area contributed by atoms with Gasteiger partial charge in [-0.2, -0.15) is 15.0 Å². The fourth-order valence-corrected chi connectivity index (χ4v) is 4.24. The highest BCUT2D eigenvalue weighted by Crippen LogP contribution is 2.40. The minimum absolute atomic E-state index is 0.00553. The summed E-state index contributed by atoms with van der Waals surface area (Å²) in [4.78, 5) is 16.7. The molecule has 2 atom stereocenters. The molecule has 27 heavy (non-hydrogen) atoms. The summed E-state index contributed by atoms with van der Waals surface area (Å²) in [6.07, 6.45) is 9.55. The van der Waals surface area contributed by atoms with Crippen molar-refractivity contribution >= 4 is 11.7 Å². The average Bonchev–Trinajstić information content (AvgIpc) is 3.30. The molecule has 1 N–H and O–H groups in total. The van der Waals surface area contributed by atoms with Gasteiger partial charge in [0.1, 0.15) is 5.75 Å². The first-order valence-electron chi connectivity index (χ1n) is 9.92. The molecular formula is C20H27N5O2. The third-order valence-corrected chi connectivity index (χ3v) is 5.58. The van der Waals surface area contributed by atoms with Gasteiger partial charge in [0.15, 0.2) is 0 Å². The highest BCUT2D eigenvalue weighted by molar-refractivity contribution is 5.90. The van der Waals surface area contributed by atoms with E-state index in [2.05, 4.69) is 22.4 Å². The van der Waals surface area contributed by atoms with Crippen LogP contribution in [0.2, 0.25) is 0 Å². The van der Waals surface area contributed by atoms with E-state index >= 15 is 0 Å². The number of piperidine rings is 1. The molecule has 2 aromatic rings. The number of carbonyl (C=O) groups excluding carboxylic acids is 1. The van der Waals surface area contributed by atoms with Gasteiger partial charge in [-0.1, -0.05) is 13.3 Å². The van der Waals surface area contributed by atoms with Gasteiger partial charge < -0.3 is 15.0 Å². The Morgan fingerprint density at radius 1 is 1.11 bits per heavy atom. The number of ether oxygens (including phenoxy) is 1. The van der Waals surface area contributed by atoms with Crippen molar-refractivity contribution < 1.29 is 9.53 Å². The summed E-state index contributed by atoms with van der Waals surface area (Å²) in [7, 11) is 0. The topological polar surface area (TPSA) is 72.3 Å². The van der Waals surface area contributed by atoms with Crippen LogP contribution in [0.4, 0.5) is 10.5 Å². The third kappa shape index (κ3) is 3.91. The molecule has 7 heteroatoms. The number of anilines is 1. The van der Waals surface area contributed by atoms with Crippen molar-refractivity contribution in [2.45, 2.75) is 63.6 Å². The molecule has 3 heterocycles. The number of fused-ring (bicyclic) bond motifs is 2. The second-order valence-electron chi connectivity index (χ2n) is 7.42. The maximum absolute atomic E-state index is 12.9. The summed E-state index contributed by atoms with van der Waals surface area (Å²) in [5, 5.41) is 11.6. The van der Waals surface area contributed by atoms with Crippen LogP contribution in [0.5, 0.6) is 5.75 Å². The van der Waals surface area contributed by atoms with Crippen LogP contribution in [0.3, 0.4) is 0 Å². The number of hydrogen-bond acceptors (Lipinski definition) is 4. The van der Waals surface area contributed by atoms with Crippen LogP contribution in [-0.4, -0.2) is 44.6 Å². The SMILES string of the molecule is CCCCOc1ccc(NC(=O)N2C3CCC2CC(n2nccn2)C3)cc1. The summed E-state index contributed by atoms with van der Waals surface area (Å²) in [6, 6.07) is 8.44. The Kier molecular flexibility index (Phi) is 5.27. The van der Waals surface area contributed by atoms with Crippen molar-refractivity contribution in [2.75, 3.05) is 11.9 Å². The first-order valence-corrected chi connectivity index (χ1v) is 9.92. The fraction of sp³-hybridized carbons (Fsp3) is 0.550. The summed E-state index contributed by atoms with van der Waals surface area (Å²) in [6.45, 7) is 2.87. The number of unbranched alkanes of at least 4 members (excludes halogenated alkanes) is 1. The van der Waals surface area contributed by atoms with Crippen molar-refractivity contribution in [3.8, 4) is 5.75 Å². The fourth-order valence-electron chi connectivity index (χ4n) is 4.24. The molecule has 1 aromatic heterocycles. The maximum atomic E-state index is 12.9. The molecule has 2 unspecified atom stereocenters. The van der Waals surface area contributed by atoms with Gasteiger partial charge in [-0.15, -0.1) is 0 Å². The Hall–Kier alpha value is -2.57. The van der Waals surface area contributed by atoms with Crippen molar-refractivity contribution in [3.63, 3.8) is 0 Å². The Bertz CT molecular complexity index is 732. The molecule has 0 spiro atoms. The molecule has 2 bridgehead atoms. The van der Waals surface area contributed by atoms with E-state index < -0.39 is 0 Å². The molecule has 1 aromatic carbocycles. The number of carbonyl (C=O) groups is 1. The van der Waals surface area contributed by atoms with E-state index in [0.29, 0.717) is 6.04 Å². The van der Waals surface area contributed by atoms with Crippen molar-refractivity contribution in [1.82, 2.24) is 19.9 Å². The molecular weight excluding hydrogens is 342 g/mol. The summed E-state index contributed by atoms with van der Waals surface area (Å²) in [5.74, 6) is 0.842. The first kappa shape index (κ1) is 17.8. The van der Waals surface area contributed by atoms with E-state index in [0.717, 1.165) is 56.6 Å². The van der Waals surface area contributed by atoms with E-state index in [4.69, 9.17) is 4.74 Å². The van der Waals surface area contributed by atoms with Gasteiger partial charge in [0, 0.05) is 17.8 Å². The van der Waals surface area contributed by atoms with Crippen molar-refractivity contribution in [2.24, 2.45) is 0 Å². The van der Waals surface area contributed by atoms with Crippen LogP contribution in [0.25, 0.3) is 0 Å². The lowest BCUT2D eigenvalue weighted by Crippen LogP contribution is -2.49. The number of amides is 2. The number of nitrogens with one attached hydrogen (secondary N) is 1. The molecule has 2 fully saturated rings. The number of hydrogen-bond donors (Lipinski definition) is 1. The van der Waals surface area contributed by atoms with E-state index in [9.17, 15) is 4.79 Å². The lowest BCUT2D eigenvalue weighted by atomic mass is 9.98. The summed E-state index contributed by atoms with van der Waals surface area (Å²) >= 11 is 0. The second kappa shape index (κ2) is 7.98. The Morgan fingerprint density at radius 2 is 1.78 bits per heavy atom. The Morgan fingerprint density at radius 3 is 2.41 bits per heavy atom. The van der Waals surface area contributed by atoms with Crippen LogP contribution in [0.15, 0.2) is 36.7 Å². The predicted molar refractivity (Wildman–Crippen MR) is 103 cm³/mol. The molecule has 0 radical (unpaired) electrons. The number of benzene rings is 1. The van der Waals surface area contributed by atoms with Gasteiger partial charge in [-0.3, -0.25) is 0 Å². The molecule has 4 rings (SSSR count). The minimum Gasteiger partial charge on any atom is -0.494 e. The number of aromatic nitrogens is 3. The Balaban J connectivity index is 1.35. The average molecular weight is 369 g/mol. The smallest absolute Gasteiger partial charge is 0.322 e. The van der Waals surface area contributed by atoms with Gasteiger partial charge in [-0.05, 0) is 56.4 Å². The van der Waals surface area contributed by atoms with Crippen LogP contribution in [0.1, 0.15) is 51.5 Å². The minimum atomic E-state index is -0.00553. The van der Waals surface area contributed by atoms with Gasteiger partial charge in [0.05, 0.1) is 25.0 Å². The second-order valence-corrected chi connectivity index (χ2v) is 7.42. The number of nitrogens with zero attached hydrogens (tertiary/aromatic N) is 4. The molecule has 7 nitrogen and oxygen atoms in total. The van der Waals surface area contributed by atoms with Crippen LogP contribution < -0.4 is 10.1 Å². The van der Waals surface area contributed by atoms with Gasteiger partial charge >= 0.3 is 6.03 Å². The summed E-state index contributed by atoms with van der Waals surface area (Å²) in [5.41, 5.74) is 0.804. The quantitative estimate of drug-likeness (QED) is 0.785. The molecule has 2 aliphatic heterocycles. The molecule has 0 saturated carbocycles. The lowest BCUT2D eigenvalue weighted by Gasteiger charge is -2.38. The van der Waals surface area contributed by atoms with Crippen molar-refractivity contribution in [3.05, 3.63) is 36.7 Å². The first-order chi connectivity index (χ1) is 13.2. The zero-order valence-electron chi connectivity index (χ0n) is 15.8. The zero-order valence-corrected chi connectivity index (χ0v) is 15.8. The van der Waals surface area contributed by atoms with Gasteiger partial charge in [0.2, 0.25) is 0 Å². The van der Waals surface area contributed by atoms with Crippen LogP contribution >= 0.6 is 0 Å². The number of urea groups is 1. The van der Waals surface area contributed by atoms with Crippen LogP contribution in [0, 0.1) is 0 Å². The number of rotatable bonds is 6. The van der Waals surface area contributed by atoms with E-state index in [-0.39, 0.29) is 18.1 Å². The highest BCUT2D eigenvalue weighted by atomic mass is 16.5. The third-order valence-electron chi connectivity index (χ3n) is 5.58. The van der Waals surface area contributed by atoms with Gasteiger partial charge in [-0.25, -0.2) is 4.79 Å². The Labute approximate surface area is 159 Å². The molecule has 0 aliphatic carbocycles. The normalized spacial score (nSPS) is 24.0. The largest absolute Gasteiger partial charge is 0.494 e. The van der Waals surface area contributed by atoms with E-state index in [1.165, 1.54) is 0 Å². The monoisotopic (exact) mass is 369 g/mol.